The third-order valence-electron chi connectivity index (χ3n) is 4.72. The van der Waals surface area contributed by atoms with Gasteiger partial charge in [0.1, 0.15) is 17.1 Å². The van der Waals surface area contributed by atoms with E-state index in [0.29, 0.717) is 30.7 Å². The van der Waals surface area contributed by atoms with Crippen LogP contribution in [0.4, 0.5) is 4.39 Å². The highest BCUT2D eigenvalue weighted by Gasteiger charge is 2.32. The van der Waals surface area contributed by atoms with Crippen molar-refractivity contribution in [3.63, 3.8) is 0 Å². The Kier molecular flexibility index (Phi) is 4.10. The van der Waals surface area contributed by atoms with E-state index in [4.69, 9.17) is 4.74 Å². The molecule has 2 fully saturated rings. The number of methoxy groups -OCH3 is 1. The molecule has 114 valence electrons. The topological polar surface area (TPSA) is 41.6 Å². The SMILES string of the molecule is COc1cccc(F)c1C(=O)N1CC[C@@H]2CNC[C@@H]2CC1. The molecule has 0 saturated carbocycles. The number of benzene rings is 1. The molecule has 0 aliphatic carbocycles. The minimum Gasteiger partial charge on any atom is -0.496 e. The number of carbonyl (C=O) groups is 1. The number of amides is 1. The Bertz CT molecular complexity index is 521. The van der Waals surface area contributed by atoms with E-state index in [1.165, 1.54) is 13.2 Å². The molecule has 2 aliphatic rings. The maximum atomic E-state index is 14.0. The molecule has 0 spiro atoms. The molecular formula is C16H21FN2O2. The number of rotatable bonds is 2. The summed E-state index contributed by atoms with van der Waals surface area (Å²) in [5.41, 5.74) is 0.0604. The largest absolute Gasteiger partial charge is 0.496 e. The molecule has 5 heteroatoms. The van der Waals surface area contributed by atoms with Crippen molar-refractivity contribution < 1.29 is 13.9 Å². The van der Waals surface area contributed by atoms with E-state index in [1.54, 1.807) is 17.0 Å². The molecule has 0 radical (unpaired) electrons. The lowest BCUT2D eigenvalue weighted by Gasteiger charge is -2.22. The Morgan fingerprint density at radius 2 is 1.95 bits per heavy atom. The molecule has 1 aromatic carbocycles. The normalized spacial score (nSPS) is 25.3. The fourth-order valence-electron chi connectivity index (χ4n) is 3.46. The third kappa shape index (κ3) is 2.75. The van der Waals surface area contributed by atoms with Crippen LogP contribution in [0.1, 0.15) is 23.2 Å². The lowest BCUT2D eigenvalue weighted by atomic mass is 9.92. The predicted octanol–water partition coefficient (Wildman–Crippen LogP) is 1.91. The summed E-state index contributed by atoms with van der Waals surface area (Å²) in [6.45, 7) is 3.46. The van der Waals surface area contributed by atoms with Crippen LogP contribution < -0.4 is 10.1 Å². The van der Waals surface area contributed by atoms with E-state index in [0.717, 1.165) is 25.9 Å². The highest BCUT2D eigenvalue weighted by atomic mass is 19.1. The zero-order valence-corrected chi connectivity index (χ0v) is 12.3. The second-order valence-corrected chi connectivity index (χ2v) is 5.87. The van der Waals surface area contributed by atoms with Gasteiger partial charge in [-0.05, 0) is 49.9 Å². The molecule has 3 rings (SSSR count). The minimum absolute atomic E-state index is 0.0604. The second-order valence-electron chi connectivity index (χ2n) is 5.87. The van der Waals surface area contributed by atoms with Gasteiger partial charge in [0.15, 0.2) is 0 Å². The van der Waals surface area contributed by atoms with Crippen molar-refractivity contribution in [2.45, 2.75) is 12.8 Å². The fourth-order valence-corrected chi connectivity index (χ4v) is 3.46. The Hall–Kier alpha value is -1.62. The van der Waals surface area contributed by atoms with Crippen molar-refractivity contribution in [1.29, 1.82) is 0 Å². The minimum atomic E-state index is -0.509. The standard InChI is InChI=1S/C16H21FN2O2/c1-21-14-4-2-3-13(17)15(14)16(20)19-7-5-11-9-18-10-12(11)6-8-19/h2-4,11-12,18H,5-10H2,1H3/t11-,12+. The molecule has 2 aliphatic heterocycles. The van der Waals surface area contributed by atoms with Gasteiger partial charge in [-0.3, -0.25) is 4.79 Å². The molecule has 21 heavy (non-hydrogen) atoms. The monoisotopic (exact) mass is 292 g/mol. The number of halogens is 1. The molecular weight excluding hydrogens is 271 g/mol. The molecule has 2 saturated heterocycles. The quantitative estimate of drug-likeness (QED) is 0.905. The number of nitrogens with zero attached hydrogens (tertiary/aromatic N) is 1. The first-order valence-corrected chi connectivity index (χ1v) is 7.53. The van der Waals surface area contributed by atoms with E-state index >= 15 is 0 Å². The summed E-state index contributed by atoms with van der Waals surface area (Å²) >= 11 is 0. The average Bonchev–Trinajstić information content (AvgIpc) is 2.85. The van der Waals surface area contributed by atoms with Gasteiger partial charge in [0, 0.05) is 13.1 Å². The van der Waals surface area contributed by atoms with Crippen LogP contribution in [0.15, 0.2) is 18.2 Å². The average molecular weight is 292 g/mol. The second kappa shape index (κ2) is 6.02. The Balaban J connectivity index is 1.79. The summed E-state index contributed by atoms with van der Waals surface area (Å²) in [5.74, 6) is 0.838. The first kappa shape index (κ1) is 14.3. The number of carbonyl (C=O) groups excluding carboxylic acids is 1. The number of ether oxygens (including phenoxy) is 1. The van der Waals surface area contributed by atoms with Gasteiger partial charge in [0.25, 0.3) is 5.91 Å². The van der Waals surface area contributed by atoms with Crippen molar-refractivity contribution in [1.82, 2.24) is 10.2 Å². The van der Waals surface area contributed by atoms with Crippen molar-refractivity contribution >= 4 is 5.91 Å². The van der Waals surface area contributed by atoms with Gasteiger partial charge in [-0.1, -0.05) is 6.07 Å². The highest BCUT2D eigenvalue weighted by Crippen LogP contribution is 2.29. The predicted molar refractivity (Wildman–Crippen MR) is 77.9 cm³/mol. The molecule has 4 nitrogen and oxygen atoms in total. The van der Waals surface area contributed by atoms with E-state index in [2.05, 4.69) is 5.32 Å². The number of nitrogens with one attached hydrogen (secondary N) is 1. The summed E-state index contributed by atoms with van der Waals surface area (Å²) < 4.78 is 19.2. The van der Waals surface area contributed by atoms with Gasteiger partial charge < -0.3 is 15.0 Å². The molecule has 1 amide bonds. The van der Waals surface area contributed by atoms with Crippen LogP contribution >= 0.6 is 0 Å². The summed E-state index contributed by atoms with van der Waals surface area (Å²) in [7, 11) is 1.46. The van der Waals surface area contributed by atoms with Crippen LogP contribution in [0.25, 0.3) is 0 Å². The Morgan fingerprint density at radius 3 is 2.57 bits per heavy atom. The molecule has 1 N–H and O–H groups in total. The van der Waals surface area contributed by atoms with E-state index in [1.807, 2.05) is 0 Å². The van der Waals surface area contributed by atoms with E-state index < -0.39 is 5.82 Å². The molecule has 2 heterocycles. The Labute approximate surface area is 124 Å². The van der Waals surface area contributed by atoms with Crippen molar-refractivity contribution in [3.8, 4) is 5.75 Å². The number of hydrogen-bond donors (Lipinski definition) is 1. The van der Waals surface area contributed by atoms with Gasteiger partial charge in [-0.25, -0.2) is 4.39 Å². The molecule has 2 atom stereocenters. The zero-order chi connectivity index (χ0) is 14.8. The maximum Gasteiger partial charge on any atom is 0.260 e. The smallest absolute Gasteiger partial charge is 0.260 e. The molecule has 0 bridgehead atoms. The van der Waals surface area contributed by atoms with Gasteiger partial charge in [-0.15, -0.1) is 0 Å². The summed E-state index contributed by atoms with van der Waals surface area (Å²) in [5, 5.41) is 3.41. The van der Waals surface area contributed by atoms with E-state index in [9.17, 15) is 9.18 Å². The van der Waals surface area contributed by atoms with Crippen molar-refractivity contribution in [2.75, 3.05) is 33.3 Å². The Morgan fingerprint density at radius 1 is 1.29 bits per heavy atom. The lowest BCUT2D eigenvalue weighted by Crippen LogP contribution is -2.33. The number of fused-ring (bicyclic) bond motifs is 1. The molecule has 0 unspecified atom stereocenters. The summed E-state index contributed by atoms with van der Waals surface area (Å²) in [4.78, 5) is 14.4. The highest BCUT2D eigenvalue weighted by molar-refractivity contribution is 5.97. The van der Waals surface area contributed by atoms with Crippen LogP contribution in [0.3, 0.4) is 0 Å². The van der Waals surface area contributed by atoms with Crippen LogP contribution in [0.5, 0.6) is 5.75 Å². The maximum absolute atomic E-state index is 14.0. The van der Waals surface area contributed by atoms with Crippen LogP contribution in [0, 0.1) is 17.7 Å². The van der Waals surface area contributed by atoms with Gasteiger partial charge in [-0.2, -0.15) is 0 Å². The third-order valence-corrected chi connectivity index (χ3v) is 4.72. The number of likely N-dealkylation sites (tertiary alicyclic amines) is 1. The van der Waals surface area contributed by atoms with Gasteiger partial charge in [0.05, 0.1) is 7.11 Å². The van der Waals surface area contributed by atoms with Crippen LogP contribution in [0.2, 0.25) is 0 Å². The van der Waals surface area contributed by atoms with Crippen LogP contribution in [-0.2, 0) is 0 Å². The first-order valence-electron chi connectivity index (χ1n) is 7.53. The number of hydrogen-bond acceptors (Lipinski definition) is 3. The zero-order valence-electron chi connectivity index (χ0n) is 12.3. The lowest BCUT2D eigenvalue weighted by molar-refractivity contribution is 0.0750. The summed E-state index contributed by atoms with van der Waals surface area (Å²) in [6, 6.07) is 4.50. The fraction of sp³-hybridized carbons (Fsp3) is 0.562. The van der Waals surface area contributed by atoms with Crippen molar-refractivity contribution in [3.05, 3.63) is 29.6 Å². The molecule has 0 aromatic heterocycles. The van der Waals surface area contributed by atoms with Gasteiger partial charge in [0.2, 0.25) is 0 Å². The van der Waals surface area contributed by atoms with Gasteiger partial charge >= 0.3 is 0 Å². The summed E-state index contributed by atoms with van der Waals surface area (Å²) in [6.07, 6.45) is 1.97. The first-order chi connectivity index (χ1) is 10.2. The molecule has 1 aromatic rings. The van der Waals surface area contributed by atoms with Crippen molar-refractivity contribution in [2.24, 2.45) is 11.8 Å². The van der Waals surface area contributed by atoms with E-state index in [-0.39, 0.29) is 11.5 Å². The van der Waals surface area contributed by atoms with Crippen LogP contribution in [-0.4, -0.2) is 44.1 Å².